The van der Waals surface area contributed by atoms with E-state index < -0.39 is 0 Å². The number of fused-ring (bicyclic) bond motifs is 1. The number of aryl methyl sites for hydroxylation is 1. The van der Waals surface area contributed by atoms with E-state index in [1.165, 1.54) is 4.88 Å². The molecule has 2 N–H and O–H groups in total. The van der Waals surface area contributed by atoms with Gasteiger partial charge in [-0.3, -0.25) is 4.79 Å². The lowest BCUT2D eigenvalue weighted by atomic mass is 10.1. The largest absolute Gasteiger partial charge is 0.315 e. The van der Waals surface area contributed by atoms with Crippen molar-refractivity contribution in [1.29, 1.82) is 5.26 Å². The van der Waals surface area contributed by atoms with Gasteiger partial charge in [-0.2, -0.15) is 17.0 Å². The highest BCUT2D eigenvalue weighted by Gasteiger charge is 2.26. The third kappa shape index (κ3) is 2.50. The van der Waals surface area contributed by atoms with Gasteiger partial charge in [0, 0.05) is 22.9 Å². The van der Waals surface area contributed by atoms with Crippen LogP contribution < -0.4 is 10.6 Å². The molecular weight excluding hydrogens is 278 g/mol. The standard InChI is InChI=1S/C13H15N3OS2/c14-6-9-8-2-1-3-11(8)19-13(9)16-12(17)10-7-18-5-4-15-10/h10,15H,1-5,7H2,(H,16,17). The maximum atomic E-state index is 12.2. The van der Waals surface area contributed by atoms with Gasteiger partial charge in [-0.1, -0.05) is 0 Å². The van der Waals surface area contributed by atoms with Crippen molar-refractivity contribution in [2.75, 3.05) is 23.4 Å². The van der Waals surface area contributed by atoms with Gasteiger partial charge in [0.25, 0.3) is 0 Å². The van der Waals surface area contributed by atoms with Gasteiger partial charge in [-0.25, -0.2) is 0 Å². The van der Waals surface area contributed by atoms with Crippen molar-refractivity contribution in [1.82, 2.24) is 5.32 Å². The number of hydrogen-bond donors (Lipinski definition) is 2. The summed E-state index contributed by atoms with van der Waals surface area (Å²) >= 11 is 3.37. The topological polar surface area (TPSA) is 64.9 Å². The summed E-state index contributed by atoms with van der Waals surface area (Å²) in [4.78, 5) is 13.4. The molecule has 4 nitrogen and oxygen atoms in total. The summed E-state index contributed by atoms with van der Waals surface area (Å²) in [5.41, 5.74) is 1.85. The van der Waals surface area contributed by atoms with Crippen molar-refractivity contribution in [3.8, 4) is 6.07 Å². The van der Waals surface area contributed by atoms with E-state index in [0.717, 1.165) is 47.9 Å². The molecule has 1 saturated heterocycles. The second kappa shape index (κ2) is 5.53. The molecule has 6 heteroatoms. The predicted molar refractivity (Wildman–Crippen MR) is 78.8 cm³/mol. The Morgan fingerprint density at radius 1 is 1.47 bits per heavy atom. The first-order chi connectivity index (χ1) is 9.29. The van der Waals surface area contributed by atoms with E-state index in [4.69, 9.17) is 0 Å². The van der Waals surface area contributed by atoms with Crippen molar-refractivity contribution in [2.24, 2.45) is 0 Å². The van der Waals surface area contributed by atoms with Gasteiger partial charge in [-0.15, -0.1) is 11.3 Å². The maximum absolute atomic E-state index is 12.2. The molecule has 2 aliphatic rings. The third-order valence-corrected chi connectivity index (χ3v) is 5.78. The molecule has 0 aromatic carbocycles. The molecule has 1 unspecified atom stereocenters. The number of nitrogens with zero attached hydrogens (tertiary/aromatic N) is 1. The van der Waals surface area contributed by atoms with E-state index in [1.807, 2.05) is 0 Å². The molecule has 100 valence electrons. The fourth-order valence-electron chi connectivity index (χ4n) is 2.54. The van der Waals surface area contributed by atoms with Crippen LogP contribution in [-0.2, 0) is 17.6 Å². The molecule has 19 heavy (non-hydrogen) atoms. The van der Waals surface area contributed by atoms with Crippen molar-refractivity contribution >= 4 is 34.0 Å². The molecular formula is C13H15N3OS2. The van der Waals surface area contributed by atoms with E-state index in [9.17, 15) is 10.1 Å². The zero-order valence-electron chi connectivity index (χ0n) is 10.5. The number of anilines is 1. The van der Waals surface area contributed by atoms with Crippen molar-refractivity contribution in [2.45, 2.75) is 25.3 Å². The quantitative estimate of drug-likeness (QED) is 0.872. The normalized spacial score (nSPS) is 21.7. The lowest BCUT2D eigenvalue weighted by Gasteiger charge is -2.21. The molecule has 0 radical (unpaired) electrons. The number of carbonyl (C=O) groups is 1. The van der Waals surface area contributed by atoms with Crippen molar-refractivity contribution in [3.63, 3.8) is 0 Å². The van der Waals surface area contributed by atoms with Gasteiger partial charge < -0.3 is 10.6 Å². The van der Waals surface area contributed by atoms with Gasteiger partial charge in [0.15, 0.2) is 0 Å². The summed E-state index contributed by atoms with van der Waals surface area (Å²) in [7, 11) is 0. The Labute approximate surface area is 120 Å². The summed E-state index contributed by atoms with van der Waals surface area (Å²) in [6, 6.07) is 2.12. The summed E-state index contributed by atoms with van der Waals surface area (Å²) in [6.45, 7) is 0.870. The second-order valence-electron chi connectivity index (χ2n) is 4.74. The molecule has 3 rings (SSSR count). The summed E-state index contributed by atoms with van der Waals surface area (Å²) < 4.78 is 0. The number of rotatable bonds is 2. The van der Waals surface area contributed by atoms with Crippen LogP contribution in [0.5, 0.6) is 0 Å². The average Bonchev–Trinajstić information content (AvgIpc) is 3.00. The van der Waals surface area contributed by atoms with E-state index in [1.54, 1.807) is 23.1 Å². The summed E-state index contributed by atoms with van der Waals surface area (Å²) in [6.07, 6.45) is 3.15. The summed E-state index contributed by atoms with van der Waals surface area (Å²) in [5.74, 6) is 1.85. The van der Waals surface area contributed by atoms with E-state index >= 15 is 0 Å². The first kappa shape index (κ1) is 13.0. The molecule has 2 heterocycles. The number of thiophene rings is 1. The Morgan fingerprint density at radius 2 is 2.37 bits per heavy atom. The lowest BCUT2D eigenvalue weighted by Crippen LogP contribution is -2.46. The molecule has 1 amide bonds. The fourth-order valence-corrected chi connectivity index (χ4v) is 4.72. The molecule has 1 aromatic rings. The van der Waals surface area contributed by atoms with E-state index in [-0.39, 0.29) is 11.9 Å². The number of nitriles is 1. The highest BCUT2D eigenvalue weighted by molar-refractivity contribution is 7.99. The molecule has 1 atom stereocenters. The zero-order chi connectivity index (χ0) is 13.2. The molecule has 1 aliphatic heterocycles. The van der Waals surface area contributed by atoms with Gasteiger partial charge in [0.2, 0.25) is 5.91 Å². The number of amides is 1. The first-order valence-electron chi connectivity index (χ1n) is 6.46. The lowest BCUT2D eigenvalue weighted by molar-refractivity contribution is -0.117. The average molecular weight is 293 g/mol. The van der Waals surface area contributed by atoms with Crippen molar-refractivity contribution < 1.29 is 4.79 Å². The minimum Gasteiger partial charge on any atom is -0.315 e. The van der Waals surface area contributed by atoms with E-state index in [2.05, 4.69) is 16.7 Å². The Kier molecular flexibility index (Phi) is 3.78. The highest BCUT2D eigenvalue weighted by Crippen LogP contribution is 2.38. The number of nitrogens with one attached hydrogen (secondary N) is 2. The van der Waals surface area contributed by atoms with Gasteiger partial charge in [-0.05, 0) is 24.8 Å². The molecule has 1 aliphatic carbocycles. The molecule has 0 spiro atoms. The minimum absolute atomic E-state index is 0.0105. The van der Waals surface area contributed by atoms with E-state index in [0.29, 0.717) is 5.56 Å². The SMILES string of the molecule is N#Cc1c(NC(=O)C2CSCCN2)sc2c1CCC2. The van der Waals surface area contributed by atoms with Crippen LogP contribution in [0.4, 0.5) is 5.00 Å². The van der Waals surface area contributed by atoms with Crippen LogP contribution in [0.1, 0.15) is 22.4 Å². The Hall–Kier alpha value is -1.03. The molecule has 0 saturated carbocycles. The Bertz CT molecular complexity index is 541. The predicted octanol–water partition coefficient (Wildman–Crippen LogP) is 1.75. The summed E-state index contributed by atoms with van der Waals surface area (Å²) in [5, 5.41) is 16.2. The van der Waals surface area contributed by atoms with Crippen LogP contribution in [0.2, 0.25) is 0 Å². The Balaban J connectivity index is 1.76. The maximum Gasteiger partial charge on any atom is 0.243 e. The highest BCUT2D eigenvalue weighted by atomic mass is 32.2. The van der Waals surface area contributed by atoms with Crippen LogP contribution in [0, 0.1) is 11.3 Å². The fraction of sp³-hybridized carbons (Fsp3) is 0.538. The third-order valence-electron chi connectivity index (χ3n) is 3.51. The monoisotopic (exact) mass is 293 g/mol. The van der Waals surface area contributed by atoms with Crippen molar-refractivity contribution in [3.05, 3.63) is 16.0 Å². The van der Waals surface area contributed by atoms with Crippen LogP contribution in [0.25, 0.3) is 0 Å². The van der Waals surface area contributed by atoms with Crippen LogP contribution in [-0.4, -0.2) is 30.0 Å². The van der Waals surface area contributed by atoms with Gasteiger partial charge in [0.05, 0.1) is 11.6 Å². The zero-order valence-corrected chi connectivity index (χ0v) is 12.1. The number of thioether (sulfide) groups is 1. The molecule has 1 fully saturated rings. The first-order valence-corrected chi connectivity index (χ1v) is 8.43. The number of carbonyl (C=O) groups excluding carboxylic acids is 1. The molecule has 1 aromatic heterocycles. The van der Waals surface area contributed by atoms with Gasteiger partial charge in [0.1, 0.15) is 11.1 Å². The van der Waals surface area contributed by atoms with Crippen LogP contribution in [0.3, 0.4) is 0 Å². The number of hydrogen-bond acceptors (Lipinski definition) is 5. The Morgan fingerprint density at radius 3 is 3.11 bits per heavy atom. The molecule has 0 bridgehead atoms. The van der Waals surface area contributed by atoms with Crippen LogP contribution >= 0.6 is 23.1 Å². The second-order valence-corrected chi connectivity index (χ2v) is 7.00. The minimum atomic E-state index is -0.137. The van der Waals surface area contributed by atoms with Crippen LogP contribution in [0.15, 0.2) is 0 Å². The van der Waals surface area contributed by atoms with Gasteiger partial charge >= 0.3 is 0 Å². The smallest absolute Gasteiger partial charge is 0.243 e.